The third-order valence-corrected chi connectivity index (χ3v) is 6.20. The molecule has 1 atom stereocenters. The highest BCUT2D eigenvalue weighted by atomic mass is 16.5. The van der Waals surface area contributed by atoms with Crippen molar-refractivity contribution >= 4 is 17.4 Å². The molecule has 5 nitrogen and oxygen atoms in total. The summed E-state index contributed by atoms with van der Waals surface area (Å²) in [7, 11) is 1.61. The topological polar surface area (TPSA) is 61.8 Å². The molecule has 1 saturated heterocycles. The van der Waals surface area contributed by atoms with Crippen molar-refractivity contribution in [1.82, 2.24) is 5.32 Å². The van der Waals surface area contributed by atoms with E-state index in [1.807, 2.05) is 12.1 Å². The first-order valence-corrected chi connectivity index (χ1v) is 12.0. The Morgan fingerprint density at radius 3 is 2.55 bits per heavy atom. The molecule has 1 aliphatic rings. The summed E-state index contributed by atoms with van der Waals surface area (Å²) in [6.45, 7) is 10.5. The number of rotatable bonds is 10. The number of nitrogens with zero attached hydrogens (tertiary/aromatic N) is 1. The average molecular weight is 451 g/mol. The lowest BCUT2D eigenvalue weighted by molar-refractivity contribution is -0.121. The number of ether oxygens (including phenoxy) is 1. The van der Waals surface area contributed by atoms with E-state index in [1.54, 1.807) is 13.2 Å². The molecule has 33 heavy (non-hydrogen) atoms. The van der Waals surface area contributed by atoms with E-state index in [0.29, 0.717) is 18.1 Å². The first-order chi connectivity index (χ1) is 15.9. The number of para-hydroxylation sites is 1. The van der Waals surface area contributed by atoms with Crippen LogP contribution in [0.1, 0.15) is 67.8 Å². The highest BCUT2D eigenvalue weighted by molar-refractivity contribution is 5.79. The van der Waals surface area contributed by atoms with Gasteiger partial charge in [-0.3, -0.25) is 4.79 Å². The molecule has 0 saturated carbocycles. The molecule has 1 aliphatic heterocycles. The molecule has 1 fully saturated rings. The van der Waals surface area contributed by atoms with E-state index in [4.69, 9.17) is 4.74 Å². The Morgan fingerprint density at radius 1 is 1.15 bits per heavy atom. The van der Waals surface area contributed by atoms with Gasteiger partial charge in [0.2, 0.25) is 5.91 Å². The summed E-state index contributed by atoms with van der Waals surface area (Å²) in [6.07, 6.45) is 4.88. The van der Waals surface area contributed by atoms with Gasteiger partial charge in [-0.2, -0.15) is 0 Å². The third kappa shape index (κ3) is 6.84. The molecule has 1 amide bonds. The zero-order valence-corrected chi connectivity index (χ0v) is 20.3. The molecule has 2 aromatic carbocycles. The van der Waals surface area contributed by atoms with Crippen molar-refractivity contribution in [3.8, 4) is 0 Å². The van der Waals surface area contributed by atoms with Crippen molar-refractivity contribution in [2.24, 2.45) is 5.92 Å². The standard InChI is InChI=1S/C28H38N2O3/c1-20(2)16-26(25-10-6-7-11-27(25)30-14-8-5-9-15-30)29-28(32)18-22-12-13-24(21(3)31)23(17-22)19-33-4/h6-7,10-13,17,20,26,31H,3,5,8-9,14-16,18-19H2,1-2,4H3,(H,29,32). The van der Waals surface area contributed by atoms with Gasteiger partial charge in [0.25, 0.3) is 0 Å². The Bertz CT molecular complexity index is 948. The van der Waals surface area contributed by atoms with E-state index in [1.165, 1.54) is 30.5 Å². The van der Waals surface area contributed by atoms with Crippen molar-refractivity contribution in [3.05, 3.63) is 71.3 Å². The predicted octanol–water partition coefficient (Wildman–Crippen LogP) is 5.80. The minimum atomic E-state index is -0.0365. The van der Waals surface area contributed by atoms with Gasteiger partial charge in [-0.25, -0.2) is 0 Å². The van der Waals surface area contributed by atoms with Crippen LogP contribution in [0.3, 0.4) is 0 Å². The van der Waals surface area contributed by atoms with Gasteiger partial charge in [0.05, 0.1) is 19.1 Å². The number of methoxy groups -OCH3 is 1. The number of aliphatic hydroxyl groups excluding tert-OH is 1. The molecule has 2 aromatic rings. The monoisotopic (exact) mass is 450 g/mol. The fourth-order valence-electron chi connectivity index (χ4n) is 4.68. The lowest BCUT2D eigenvalue weighted by Crippen LogP contribution is -2.34. The maximum atomic E-state index is 13.1. The van der Waals surface area contributed by atoms with Gasteiger partial charge in [0.15, 0.2) is 0 Å². The van der Waals surface area contributed by atoms with Gasteiger partial charge in [0.1, 0.15) is 5.76 Å². The lowest BCUT2D eigenvalue weighted by Gasteiger charge is -2.33. The molecule has 178 valence electrons. The van der Waals surface area contributed by atoms with Gasteiger partial charge in [-0.05, 0) is 54.4 Å². The first kappa shape index (κ1) is 24.8. The molecular formula is C28H38N2O3. The largest absolute Gasteiger partial charge is 0.508 e. The molecule has 3 rings (SSSR count). The Kier molecular flexibility index (Phi) is 8.95. The van der Waals surface area contributed by atoms with Gasteiger partial charge >= 0.3 is 0 Å². The van der Waals surface area contributed by atoms with Crippen molar-refractivity contribution in [1.29, 1.82) is 0 Å². The van der Waals surface area contributed by atoms with Gasteiger partial charge < -0.3 is 20.1 Å². The Hall–Kier alpha value is -2.79. The van der Waals surface area contributed by atoms with Crippen LogP contribution >= 0.6 is 0 Å². The summed E-state index contributed by atoms with van der Waals surface area (Å²) in [4.78, 5) is 15.6. The Labute approximate surface area is 198 Å². The van der Waals surface area contributed by atoms with Crippen LogP contribution in [0.25, 0.3) is 5.76 Å². The van der Waals surface area contributed by atoms with Crippen LogP contribution in [-0.2, 0) is 22.6 Å². The number of anilines is 1. The summed E-state index contributed by atoms with van der Waals surface area (Å²) in [5.74, 6) is 0.449. The van der Waals surface area contributed by atoms with Crippen molar-refractivity contribution in [2.45, 2.75) is 58.6 Å². The minimum Gasteiger partial charge on any atom is -0.508 e. The van der Waals surface area contributed by atoms with Crippen LogP contribution in [-0.4, -0.2) is 31.2 Å². The summed E-state index contributed by atoms with van der Waals surface area (Å²) in [5.41, 5.74) is 4.81. The maximum absolute atomic E-state index is 13.1. The molecule has 0 bridgehead atoms. The molecule has 0 aromatic heterocycles. The smallest absolute Gasteiger partial charge is 0.224 e. The Morgan fingerprint density at radius 2 is 1.88 bits per heavy atom. The number of benzene rings is 2. The molecule has 1 heterocycles. The average Bonchev–Trinajstić information content (AvgIpc) is 2.79. The summed E-state index contributed by atoms with van der Waals surface area (Å²) in [6, 6.07) is 14.1. The summed E-state index contributed by atoms with van der Waals surface area (Å²) < 4.78 is 5.26. The summed E-state index contributed by atoms with van der Waals surface area (Å²) >= 11 is 0. The van der Waals surface area contributed by atoms with E-state index in [2.05, 4.69) is 54.9 Å². The molecular weight excluding hydrogens is 412 g/mol. The number of piperidine rings is 1. The number of nitrogens with one attached hydrogen (secondary N) is 1. The van der Waals surface area contributed by atoms with Gasteiger partial charge in [-0.1, -0.05) is 56.8 Å². The predicted molar refractivity (Wildman–Crippen MR) is 135 cm³/mol. The molecule has 1 unspecified atom stereocenters. The zero-order valence-electron chi connectivity index (χ0n) is 20.3. The third-order valence-electron chi connectivity index (χ3n) is 6.20. The van der Waals surface area contributed by atoms with E-state index in [9.17, 15) is 9.90 Å². The second kappa shape index (κ2) is 11.9. The van der Waals surface area contributed by atoms with E-state index in [-0.39, 0.29) is 24.1 Å². The second-order valence-corrected chi connectivity index (χ2v) is 9.40. The van der Waals surface area contributed by atoms with Crippen LogP contribution in [0.15, 0.2) is 49.0 Å². The summed E-state index contributed by atoms with van der Waals surface area (Å²) in [5, 5.41) is 13.2. The van der Waals surface area contributed by atoms with Crippen LogP contribution in [0, 0.1) is 5.92 Å². The number of hydrogen-bond donors (Lipinski definition) is 2. The number of aliphatic hydroxyl groups is 1. The quantitative estimate of drug-likeness (QED) is 0.449. The van der Waals surface area contributed by atoms with Crippen LogP contribution in [0.2, 0.25) is 0 Å². The molecule has 2 N–H and O–H groups in total. The molecule has 0 aliphatic carbocycles. The highest BCUT2D eigenvalue weighted by Gasteiger charge is 2.22. The second-order valence-electron chi connectivity index (χ2n) is 9.40. The van der Waals surface area contributed by atoms with E-state index in [0.717, 1.165) is 30.6 Å². The maximum Gasteiger partial charge on any atom is 0.224 e. The van der Waals surface area contributed by atoms with Gasteiger partial charge in [0, 0.05) is 31.5 Å². The normalized spacial score (nSPS) is 14.8. The van der Waals surface area contributed by atoms with Crippen LogP contribution < -0.4 is 10.2 Å². The number of carbonyl (C=O) groups is 1. The Balaban J connectivity index is 1.80. The number of amides is 1. The molecule has 0 radical (unpaired) electrons. The van der Waals surface area contributed by atoms with Crippen molar-refractivity contribution in [2.75, 3.05) is 25.1 Å². The minimum absolute atomic E-state index is 0.00405. The van der Waals surface area contributed by atoms with E-state index < -0.39 is 0 Å². The highest BCUT2D eigenvalue weighted by Crippen LogP contribution is 2.32. The first-order valence-electron chi connectivity index (χ1n) is 12.0. The van der Waals surface area contributed by atoms with Crippen LogP contribution in [0.4, 0.5) is 5.69 Å². The molecule has 5 heteroatoms. The van der Waals surface area contributed by atoms with E-state index >= 15 is 0 Å². The van der Waals surface area contributed by atoms with Crippen molar-refractivity contribution < 1.29 is 14.6 Å². The number of hydrogen-bond acceptors (Lipinski definition) is 4. The van der Waals surface area contributed by atoms with Gasteiger partial charge in [-0.15, -0.1) is 0 Å². The van der Waals surface area contributed by atoms with Crippen LogP contribution in [0.5, 0.6) is 0 Å². The zero-order chi connectivity index (χ0) is 23.8. The fraction of sp³-hybridized carbons (Fsp3) is 0.464. The SMILES string of the molecule is C=C(O)c1ccc(CC(=O)NC(CC(C)C)c2ccccc2N2CCCCC2)cc1COC. The lowest BCUT2D eigenvalue weighted by atomic mass is 9.94. The van der Waals surface area contributed by atoms with Crippen molar-refractivity contribution in [3.63, 3.8) is 0 Å². The fourth-order valence-corrected chi connectivity index (χ4v) is 4.68. The number of carbonyl (C=O) groups excluding carboxylic acids is 1. The molecule has 0 spiro atoms.